The molecule has 0 aliphatic rings. The van der Waals surface area contributed by atoms with Crippen LogP contribution in [0.4, 0.5) is 0 Å². The maximum atomic E-state index is 12.7. The van der Waals surface area contributed by atoms with E-state index in [1.807, 2.05) is 45.2 Å². The highest BCUT2D eigenvalue weighted by molar-refractivity contribution is 14.1. The van der Waals surface area contributed by atoms with Crippen LogP contribution in [0.1, 0.15) is 24.0 Å². The lowest BCUT2D eigenvalue weighted by Gasteiger charge is -2.44. The molecule has 10 heteroatoms. The Morgan fingerprint density at radius 3 is 1.07 bits per heavy atom. The molecule has 0 saturated carbocycles. The number of benzene rings is 2. The van der Waals surface area contributed by atoms with Gasteiger partial charge in [-0.3, -0.25) is 19.2 Å². The van der Waals surface area contributed by atoms with E-state index in [4.69, 9.17) is 0 Å². The van der Waals surface area contributed by atoms with E-state index < -0.39 is 47.5 Å². The van der Waals surface area contributed by atoms with Crippen LogP contribution in [0.2, 0.25) is 0 Å². The first-order chi connectivity index (χ1) is 14.0. The lowest BCUT2D eigenvalue weighted by molar-refractivity contribution is -0.166. The highest BCUT2D eigenvalue weighted by Crippen LogP contribution is 2.50. The molecule has 8 nitrogen and oxygen atoms in total. The second-order valence-electron chi connectivity index (χ2n) is 6.58. The van der Waals surface area contributed by atoms with Crippen LogP contribution in [0.3, 0.4) is 0 Å². The predicted molar refractivity (Wildman–Crippen MR) is 121 cm³/mol. The van der Waals surface area contributed by atoms with Gasteiger partial charge in [0.15, 0.2) is 0 Å². The SMILES string of the molecule is O=C(O)CC(C(=O)O)(c1ccc(I)cc1)C(CC(=O)O)(C(=O)O)c1ccc(I)cc1. The fourth-order valence-corrected chi connectivity index (χ4v) is 4.40. The Kier molecular flexibility index (Phi) is 7.45. The van der Waals surface area contributed by atoms with Crippen molar-refractivity contribution in [2.75, 3.05) is 0 Å². The smallest absolute Gasteiger partial charge is 0.316 e. The Labute approximate surface area is 198 Å². The third-order valence-corrected chi connectivity index (χ3v) is 6.40. The van der Waals surface area contributed by atoms with Gasteiger partial charge in [-0.1, -0.05) is 24.3 Å². The van der Waals surface area contributed by atoms with Gasteiger partial charge in [-0.15, -0.1) is 0 Å². The Morgan fingerprint density at radius 2 is 0.867 bits per heavy atom. The lowest BCUT2D eigenvalue weighted by atomic mass is 9.54. The zero-order valence-electron chi connectivity index (χ0n) is 15.2. The van der Waals surface area contributed by atoms with E-state index in [-0.39, 0.29) is 11.1 Å². The van der Waals surface area contributed by atoms with Crippen LogP contribution in [-0.4, -0.2) is 44.3 Å². The van der Waals surface area contributed by atoms with Crippen molar-refractivity contribution in [1.82, 2.24) is 0 Å². The Balaban J connectivity index is 3.07. The minimum absolute atomic E-state index is 0.111. The summed E-state index contributed by atoms with van der Waals surface area (Å²) in [6.45, 7) is 0. The van der Waals surface area contributed by atoms with Crippen molar-refractivity contribution in [3.8, 4) is 0 Å². The van der Waals surface area contributed by atoms with Gasteiger partial charge in [-0.05, 0) is 80.6 Å². The number of aliphatic carboxylic acids is 4. The minimum atomic E-state index is -2.60. The van der Waals surface area contributed by atoms with Gasteiger partial charge in [0.25, 0.3) is 0 Å². The molecule has 0 saturated heterocycles. The molecule has 0 aliphatic carbocycles. The highest BCUT2D eigenvalue weighted by Gasteiger charge is 2.65. The van der Waals surface area contributed by atoms with Gasteiger partial charge >= 0.3 is 23.9 Å². The van der Waals surface area contributed by atoms with Crippen LogP contribution in [0, 0.1) is 7.14 Å². The first-order valence-electron chi connectivity index (χ1n) is 8.40. The maximum Gasteiger partial charge on any atom is 0.316 e. The summed E-state index contributed by atoms with van der Waals surface area (Å²) < 4.78 is 1.42. The zero-order valence-corrected chi connectivity index (χ0v) is 19.5. The van der Waals surface area contributed by atoms with Gasteiger partial charge in [0.2, 0.25) is 0 Å². The average Bonchev–Trinajstić information content (AvgIpc) is 2.65. The van der Waals surface area contributed by atoms with Crippen LogP contribution < -0.4 is 0 Å². The molecule has 2 atom stereocenters. The summed E-state index contributed by atoms with van der Waals surface area (Å²) in [4.78, 5) is 49.0. The number of hydrogen-bond acceptors (Lipinski definition) is 4. The molecule has 0 spiro atoms. The topological polar surface area (TPSA) is 149 Å². The van der Waals surface area contributed by atoms with Gasteiger partial charge in [0.1, 0.15) is 10.8 Å². The van der Waals surface area contributed by atoms with Crippen LogP contribution in [0.15, 0.2) is 48.5 Å². The number of carboxylic acid groups (broad SMARTS) is 4. The van der Waals surface area contributed by atoms with E-state index >= 15 is 0 Å². The van der Waals surface area contributed by atoms with Gasteiger partial charge < -0.3 is 20.4 Å². The fourth-order valence-electron chi connectivity index (χ4n) is 3.68. The Morgan fingerprint density at radius 1 is 0.600 bits per heavy atom. The number of carbonyl (C=O) groups is 4. The molecule has 2 rings (SSSR count). The summed E-state index contributed by atoms with van der Waals surface area (Å²) in [6.07, 6.45) is -2.26. The molecule has 0 bridgehead atoms. The van der Waals surface area contributed by atoms with E-state index in [2.05, 4.69) is 0 Å². The summed E-state index contributed by atoms with van der Waals surface area (Å²) in [5.74, 6) is -6.63. The summed E-state index contributed by atoms with van der Waals surface area (Å²) in [5, 5.41) is 39.7. The largest absolute Gasteiger partial charge is 0.481 e. The van der Waals surface area contributed by atoms with Crippen molar-refractivity contribution in [2.24, 2.45) is 0 Å². The van der Waals surface area contributed by atoms with Crippen molar-refractivity contribution in [3.63, 3.8) is 0 Å². The predicted octanol–water partition coefficient (Wildman–Crippen LogP) is 3.19. The number of halogens is 2. The molecular formula is C20H16I2O8. The molecule has 158 valence electrons. The summed E-state index contributed by atoms with van der Waals surface area (Å²) in [5.41, 5.74) is -5.42. The van der Waals surface area contributed by atoms with Crippen LogP contribution in [0.5, 0.6) is 0 Å². The van der Waals surface area contributed by atoms with Crippen molar-refractivity contribution in [1.29, 1.82) is 0 Å². The first kappa shape index (κ1) is 24.1. The molecule has 0 heterocycles. The van der Waals surface area contributed by atoms with E-state index in [1.54, 1.807) is 0 Å². The Hall–Kier alpha value is -2.22. The van der Waals surface area contributed by atoms with Gasteiger partial charge in [-0.2, -0.15) is 0 Å². The summed E-state index contributed by atoms with van der Waals surface area (Å²) in [6, 6.07) is 11.3. The second-order valence-corrected chi connectivity index (χ2v) is 9.07. The molecule has 0 aliphatic heterocycles. The third-order valence-electron chi connectivity index (χ3n) is 4.97. The molecule has 0 fully saturated rings. The van der Waals surface area contributed by atoms with E-state index in [0.29, 0.717) is 7.14 Å². The van der Waals surface area contributed by atoms with Gasteiger partial charge in [-0.25, -0.2) is 0 Å². The molecule has 4 N–H and O–H groups in total. The minimum Gasteiger partial charge on any atom is -0.481 e. The zero-order chi connectivity index (χ0) is 22.7. The molecular weight excluding hydrogens is 622 g/mol. The molecule has 30 heavy (non-hydrogen) atoms. The van der Waals surface area contributed by atoms with Crippen LogP contribution in [-0.2, 0) is 30.0 Å². The molecule has 0 radical (unpaired) electrons. The maximum absolute atomic E-state index is 12.7. The molecule has 2 aromatic carbocycles. The normalized spacial score (nSPS) is 14.9. The van der Waals surface area contributed by atoms with Crippen molar-refractivity contribution in [2.45, 2.75) is 23.7 Å². The number of rotatable bonds is 9. The van der Waals surface area contributed by atoms with Crippen LogP contribution in [0.25, 0.3) is 0 Å². The molecule has 0 amide bonds. The fraction of sp³-hybridized carbons (Fsp3) is 0.200. The van der Waals surface area contributed by atoms with Crippen molar-refractivity contribution in [3.05, 3.63) is 66.8 Å². The number of hydrogen-bond donors (Lipinski definition) is 4. The van der Waals surface area contributed by atoms with E-state index in [1.165, 1.54) is 48.5 Å². The monoisotopic (exact) mass is 638 g/mol. The van der Waals surface area contributed by atoms with E-state index in [9.17, 15) is 39.6 Å². The van der Waals surface area contributed by atoms with Crippen molar-refractivity contribution >= 4 is 69.1 Å². The lowest BCUT2D eigenvalue weighted by Crippen LogP contribution is -2.60. The summed E-state index contributed by atoms with van der Waals surface area (Å²) >= 11 is 3.92. The second kappa shape index (κ2) is 9.29. The number of carboxylic acids is 4. The third kappa shape index (κ3) is 4.29. The van der Waals surface area contributed by atoms with Crippen LogP contribution >= 0.6 is 45.2 Å². The van der Waals surface area contributed by atoms with Crippen molar-refractivity contribution < 1.29 is 39.6 Å². The molecule has 0 aromatic heterocycles. The summed E-state index contributed by atoms with van der Waals surface area (Å²) in [7, 11) is 0. The standard InChI is InChI=1S/C20H16I2O8/c21-13-5-1-11(2-6-13)19(17(27)28,9-15(23)24)20(18(29)30,10-16(25)26)12-3-7-14(22)8-4-12/h1-8H,9-10H2,(H,23,24)(H,25,26)(H,27,28)(H,29,30). The molecule has 2 unspecified atom stereocenters. The Bertz CT molecular complexity index is 905. The molecule has 2 aromatic rings. The first-order valence-corrected chi connectivity index (χ1v) is 10.6. The quantitative estimate of drug-likeness (QED) is 0.306. The van der Waals surface area contributed by atoms with Gasteiger partial charge in [0.05, 0.1) is 12.8 Å². The highest BCUT2D eigenvalue weighted by atomic mass is 127. The average molecular weight is 638 g/mol. The van der Waals surface area contributed by atoms with E-state index in [0.717, 1.165) is 0 Å². The van der Waals surface area contributed by atoms with Gasteiger partial charge in [0, 0.05) is 7.14 Å².